The summed E-state index contributed by atoms with van der Waals surface area (Å²) >= 11 is 0. The van der Waals surface area contributed by atoms with Gasteiger partial charge in [-0.05, 0) is 37.3 Å². The molecule has 0 saturated heterocycles. The monoisotopic (exact) mass is 276 g/mol. The number of nitrogens with one attached hydrogen (secondary N) is 1. The van der Waals surface area contributed by atoms with Crippen LogP contribution in [0, 0.1) is 6.92 Å². The number of hydrogen-bond donors (Lipinski definition) is 2. The number of aryl methyl sites for hydroxylation is 1. The summed E-state index contributed by atoms with van der Waals surface area (Å²) < 4.78 is 0. The summed E-state index contributed by atoms with van der Waals surface area (Å²) in [6.07, 6.45) is 2.56. The fourth-order valence-electron chi connectivity index (χ4n) is 2.19. The molecule has 1 aromatic carbocycles. The minimum atomic E-state index is -0.967. The number of rotatable bonds is 6. The van der Waals surface area contributed by atoms with E-state index in [-0.39, 0.29) is 18.6 Å². The molecule has 0 spiro atoms. The number of benzene rings is 1. The van der Waals surface area contributed by atoms with E-state index >= 15 is 0 Å². The number of urea groups is 1. The highest BCUT2D eigenvalue weighted by molar-refractivity contribution is 5.80. The molecule has 1 saturated carbocycles. The zero-order chi connectivity index (χ0) is 14.5. The highest BCUT2D eigenvalue weighted by Crippen LogP contribution is 2.26. The fourth-order valence-corrected chi connectivity index (χ4v) is 2.19. The molecule has 2 rings (SSSR count). The van der Waals surface area contributed by atoms with Gasteiger partial charge in [0.15, 0.2) is 0 Å². The Hall–Kier alpha value is -2.04. The van der Waals surface area contributed by atoms with Crippen LogP contribution in [0.4, 0.5) is 4.79 Å². The Labute approximate surface area is 118 Å². The van der Waals surface area contributed by atoms with E-state index in [0.29, 0.717) is 6.54 Å². The van der Waals surface area contributed by atoms with Gasteiger partial charge < -0.3 is 15.3 Å². The summed E-state index contributed by atoms with van der Waals surface area (Å²) in [5.74, 6) is -0.967. The lowest BCUT2D eigenvalue weighted by atomic mass is 10.1. The first-order chi connectivity index (χ1) is 9.58. The Morgan fingerprint density at radius 1 is 1.35 bits per heavy atom. The van der Waals surface area contributed by atoms with Crippen LogP contribution in [0.1, 0.15) is 24.0 Å². The molecule has 0 aromatic heterocycles. The Kier molecular flexibility index (Phi) is 4.61. The van der Waals surface area contributed by atoms with Crippen LogP contribution in [0.15, 0.2) is 24.3 Å². The number of carbonyl (C=O) groups is 2. The molecule has 1 aliphatic rings. The smallest absolute Gasteiger partial charge is 0.323 e. The number of aliphatic carboxylic acids is 1. The number of nitrogens with zero attached hydrogens (tertiary/aromatic N) is 1. The van der Waals surface area contributed by atoms with E-state index in [1.165, 1.54) is 16.0 Å². The maximum Gasteiger partial charge on any atom is 0.323 e. The highest BCUT2D eigenvalue weighted by Gasteiger charge is 2.33. The van der Waals surface area contributed by atoms with Crippen molar-refractivity contribution >= 4 is 12.0 Å². The van der Waals surface area contributed by atoms with Crippen LogP contribution in [0.25, 0.3) is 0 Å². The molecule has 0 bridgehead atoms. The lowest BCUT2D eigenvalue weighted by molar-refractivity contribution is -0.137. The summed E-state index contributed by atoms with van der Waals surface area (Å²) in [5, 5.41) is 11.6. The van der Waals surface area contributed by atoms with Crippen molar-refractivity contribution in [3.8, 4) is 0 Å². The average molecular weight is 276 g/mol. The minimum absolute atomic E-state index is 0.101. The van der Waals surface area contributed by atoms with E-state index < -0.39 is 5.97 Å². The molecule has 5 heteroatoms. The molecule has 0 atom stereocenters. The van der Waals surface area contributed by atoms with Crippen molar-refractivity contribution in [2.45, 2.75) is 32.2 Å². The number of carboxylic acid groups (broad SMARTS) is 1. The van der Waals surface area contributed by atoms with Gasteiger partial charge in [0.05, 0.1) is 0 Å². The van der Waals surface area contributed by atoms with E-state index in [2.05, 4.69) is 5.32 Å². The zero-order valence-electron chi connectivity index (χ0n) is 11.6. The van der Waals surface area contributed by atoms with E-state index in [4.69, 9.17) is 5.11 Å². The zero-order valence-corrected chi connectivity index (χ0v) is 11.6. The third-order valence-electron chi connectivity index (χ3n) is 3.49. The lowest BCUT2D eigenvalue weighted by Gasteiger charge is -2.20. The predicted octanol–water partition coefficient (Wildman–Crippen LogP) is 1.80. The van der Waals surface area contributed by atoms with Gasteiger partial charge in [-0.1, -0.05) is 24.3 Å². The van der Waals surface area contributed by atoms with Crippen LogP contribution >= 0.6 is 0 Å². The summed E-state index contributed by atoms with van der Waals surface area (Å²) in [7, 11) is 0. The second-order valence-corrected chi connectivity index (χ2v) is 5.16. The van der Waals surface area contributed by atoms with Crippen LogP contribution < -0.4 is 5.32 Å². The van der Waals surface area contributed by atoms with Gasteiger partial charge in [0, 0.05) is 12.6 Å². The Morgan fingerprint density at radius 2 is 2.05 bits per heavy atom. The summed E-state index contributed by atoms with van der Waals surface area (Å²) in [4.78, 5) is 24.2. The van der Waals surface area contributed by atoms with Gasteiger partial charge in [-0.3, -0.25) is 4.79 Å². The van der Waals surface area contributed by atoms with Crippen molar-refractivity contribution in [2.75, 3.05) is 13.1 Å². The number of hydrogen-bond acceptors (Lipinski definition) is 2. The molecule has 20 heavy (non-hydrogen) atoms. The largest absolute Gasteiger partial charge is 0.480 e. The van der Waals surface area contributed by atoms with E-state index in [0.717, 1.165) is 19.3 Å². The number of carbonyl (C=O) groups excluding carboxylic acids is 1. The highest BCUT2D eigenvalue weighted by atomic mass is 16.4. The topological polar surface area (TPSA) is 69.6 Å². The van der Waals surface area contributed by atoms with Gasteiger partial charge in [0.1, 0.15) is 6.54 Å². The fraction of sp³-hybridized carbons (Fsp3) is 0.467. The number of carboxylic acids is 1. The van der Waals surface area contributed by atoms with Crippen LogP contribution in [0.2, 0.25) is 0 Å². The van der Waals surface area contributed by atoms with Gasteiger partial charge >= 0.3 is 12.0 Å². The Bertz CT molecular complexity index is 498. The van der Waals surface area contributed by atoms with Gasteiger partial charge in [0.2, 0.25) is 0 Å². The molecule has 0 radical (unpaired) electrons. The van der Waals surface area contributed by atoms with Crippen LogP contribution in [-0.4, -0.2) is 41.1 Å². The molecule has 108 valence electrons. The summed E-state index contributed by atoms with van der Waals surface area (Å²) in [6, 6.07) is 7.87. The van der Waals surface area contributed by atoms with Gasteiger partial charge in [-0.2, -0.15) is 0 Å². The molecule has 0 aliphatic heterocycles. The standard InChI is InChI=1S/C15H20N2O3/c1-11-4-2-3-5-12(11)8-9-16-15(20)17(10-14(18)19)13-6-7-13/h2-5,13H,6-10H2,1H3,(H,16,20)(H,18,19). The van der Waals surface area contributed by atoms with Crippen LogP contribution in [0.3, 0.4) is 0 Å². The molecule has 0 heterocycles. The molecule has 1 aliphatic carbocycles. The first-order valence-electron chi connectivity index (χ1n) is 6.88. The quantitative estimate of drug-likeness (QED) is 0.832. The first-order valence-corrected chi connectivity index (χ1v) is 6.88. The van der Waals surface area contributed by atoms with Gasteiger partial charge in [-0.15, -0.1) is 0 Å². The Morgan fingerprint density at radius 3 is 2.65 bits per heavy atom. The molecule has 2 N–H and O–H groups in total. The lowest BCUT2D eigenvalue weighted by Crippen LogP contribution is -2.44. The molecule has 5 nitrogen and oxygen atoms in total. The maximum absolute atomic E-state index is 12.0. The Balaban J connectivity index is 1.82. The second kappa shape index (κ2) is 6.41. The third-order valence-corrected chi connectivity index (χ3v) is 3.49. The van der Waals surface area contributed by atoms with Gasteiger partial charge in [0.25, 0.3) is 0 Å². The predicted molar refractivity (Wildman–Crippen MR) is 75.6 cm³/mol. The van der Waals surface area contributed by atoms with Crippen LogP contribution in [0.5, 0.6) is 0 Å². The van der Waals surface area contributed by atoms with Crippen molar-refractivity contribution in [3.63, 3.8) is 0 Å². The van der Waals surface area contributed by atoms with Gasteiger partial charge in [-0.25, -0.2) is 4.79 Å². The normalized spacial score (nSPS) is 13.8. The third kappa shape index (κ3) is 3.98. The van der Waals surface area contributed by atoms with E-state index in [1.807, 2.05) is 31.2 Å². The number of amides is 2. The SMILES string of the molecule is Cc1ccccc1CCNC(=O)N(CC(=O)O)C1CC1. The maximum atomic E-state index is 12.0. The minimum Gasteiger partial charge on any atom is -0.480 e. The summed E-state index contributed by atoms with van der Waals surface area (Å²) in [6.45, 7) is 2.34. The van der Waals surface area contributed by atoms with Crippen molar-refractivity contribution in [1.29, 1.82) is 0 Å². The van der Waals surface area contributed by atoms with Crippen molar-refractivity contribution < 1.29 is 14.7 Å². The van der Waals surface area contributed by atoms with E-state index in [9.17, 15) is 9.59 Å². The molecule has 0 unspecified atom stereocenters. The summed E-state index contributed by atoms with van der Waals surface area (Å²) in [5.41, 5.74) is 2.40. The van der Waals surface area contributed by atoms with E-state index in [1.54, 1.807) is 0 Å². The molecular weight excluding hydrogens is 256 g/mol. The van der Waals surface area contributed by atoms with Crippen molar-refractivity contribution in [2.24, 2.45) is 0 Å². The molecule has 2 amide bonds. The molecule has 1 fully saturated rings. The van der Waals surface area contributed by atoms with Crippen LogP contribution in [-0.2, 0) is 11.2 Å². The average Bonchev–Trinajstić information content (AvgIpc) is 3.22. The van der Waals surface area contributed by atoms with Crippen molar-refractivity contribution in [3.05, 3.63) is 35.4 Å². The first kappa shape index (κ1) is 14.4. The second-order valence-electron chi connectivity index (χ2n) is 5.16. The molecule has 1 aromatic rings. The van der Waals surface area contributed by atoms with Crippen molar-refractivity contribution in [1.82, 2.24) is 10.2 Å². The molecular formula is C15H20N2O3.